The summed E-state index contributed by atoms with van der Waals surface area (Å²) in [6.45, 7) is 6.78. The number of hydrogen-bond donors (Lipinski definition) is 0. The highest BCUT2D eigenvalue weighted by atomic mass is 14.6. The summed E-state index contributed by atoms with van der Waals surface area (Å²) < 4.78 is 0. The third-order valence-corrected chi connectivity index (χ3v) is 2.34. The largest absolute Gasteiger partial charge is 0.272 e. The molecule has 0 saturated carbocycles. The van der Waals surface area contributed by atoms with Crippen molar-refractivity contribution in [1.29, 1.82) is 0 Å². The molecule has 1 nitrogen and oxygen atoms in total. The predicted molar refractivity (Wildman–Crippen MR) is 55.4 cm³/mol. The summed E-state index contributed by atoms with van der Waals surface area (Å²) in [7, 11) is 1.07. The highest BCUT2D eigenvalue weighted by Crippen LogP contribution is 2.25. The minimum absolute atomic E-state index is 0.383. The maximum absolute atomic E-state index is 4.31. The molecule has 64 valence electrons. The highest BCUT2D eigenvalue weighted by molar-refractivity contribution is 6.55. The molecule has 12 heavy (non-hydrogen) atoms. The molecule has 0 fully saturated rings. The van der Waals surface area contributed by atoms with Gasteiger partial charge in [-0.3, -0.25) is 4.98 Å². The minimum Gasteiger partial charge on any atom is -0.272 e. The maximum Gasteiger partial charge on any atom is 0.188 e. The Kier molecular flexibility index (Phi) is 2.91. The smallest absolute Gasteiger partial charge is 0.188 e. The van der Waals surface area contributed by atoms with Crippen LogP contribution in [0.2, 0.25) is 5.31 Å². The average Bonchev–Trinajstić information content (AvgIpc) is 2.06. The molecule has 0 spiro atoms. The summed E-state index contributed by atoms with van der Waals surface area (Å²) >= 11 is 0. The molecule has 0 amide bonds. The van der Waals surface area contributed by atoms with E-state index in [2.05, 4.69) is 31.8 Å². The van der Waals surface area contributed by atoms with Crippen LogP contribution in [0.4, 0.5) is 0 Å². The van der Waals surface area contributed by atoms with E-state index >= 15 is 0 Å². The lowest BCUT2D eigenvalue weighted by Crippen LogP contribution is -2.27. The zero-order valence-electron chi connectivity index (χ0n) is 8.17. The first kappa shape index (κ1) is 9.30. The van der Waals surface area contributed by atoms with E-state index in [0.717, 1.165) is 7.28 Å². The van der Waals surface area contributed by atoms with Crippen LogP contribution in [0, 0.1) is 0 Å². The van der Waals surface area contributed by atoms with Crippen molar-refractivity contribution in [2.45, 2.75) is 32.5 Å². The molecule has 1 rings (SSSR count). The second kappa shape index (κ2) is 3.75. The molecule has 0 atom stereocenters. The SMILES string of the molecule is CCC(C)(C)Bc1ccccn1. The minimum atomic E-state index is 0.383. The van der Waals surface area contributed by atoms with Crippen molar-refractivity contribution < 1.29 is 0 Å². The van der Waals surface area contributed by atoms with Crippen molar-refractivity contribution >= 4 is 12.9 Å². The molecule has 1 heterocycles. The van der Waals surface area contributed by atoms with Crippen LogP contribution >= 0.6 is 0 Å². The van der Waals surface area contributed by atoms with Gasteiger partial charge >= 0.3 is 0 Å². The van der Waals surface area contributed by atoms with Gasteiger partial charge in [0.2, 0.25) is 0 Å². The van der Waals surface area contributed by atoms with Gasteiger partial charge in [0.25, 0.3) is 0 Å². The maximum atomic E-state index is 4.31. The Morgan fingerprint density at radius 3 is 2.67 bits per heavy atom. The third kappa shape index (κ3) is 2.69. The average molecular weight is 161 g/mol. The predicted octanol–water partition coefficient (Wildman–Crippen LogP) is 1.75. The van der Waals surface area contributed by atoms with E-state index in [4.69, 9.17) is 0 Å². The van der Waals surface area contributed by atoms with Crippen molar-refractivity contribution in [3.8, 4) is 0 Å². The van der Waals surface area contributed by atoms with Crippen molar-refractivity contribution in [1.82, 2.24) is 4.98 Å². The van der Waals surface area contributed by atoms with E-state index < -0.39 is 0 Å². The highest BCUT2D eigenvalue weighted by Gasteiger charge is 2.18. The Bertz CT molecular complexity index is 231. The molecule has 0 unspecified atom stereocenters. The first-order valence-corrected chi connectivity index (χ1v) is 4.54. The van der Waals surface area contributed by atoms with E-state index in [-0.39, 0.29) is 0 Å². The third-order valence-electron chi connectivity index (χ3n) is 2.34. The van der Waals surface area contributed by atoms with Gasteiger partial charge in [0.05, 0.1) is 0 Å². The molecule has 0 aromatic carbocycles. The van der Waals surface area contributed by atoms with Crippen molar-refractivity contribution in [3.05, 3.63) is 24.4 Å². The molecular weight excluding hydrogens is 145 g/mol. The van der Waals surface area contributed by atoms with Crippen LogP contribution in [0.1, 0.15) is 27.2 Å². The van der Waals surface area contributed by atoms with Crippen LogP contribution in [0.3, 0.4) is 0 Å². The summed E-state index contributed by atoms with van der Waals surface area (Å²) in [5.41, 5.74) is 1.20. The quantitative estimate of drug-likeness (QED) is 0.615. The Labute approximate surface area is 75.5 Å². The molecule has 1 aromatic heterocycles. The monoisotopic (exact) mass is 161 g/mol. The molecule has 2 heteroatoms. The first-order valence-electron chi connectivity index (χ1n) is 4.54. The van der Waals surface area contributed by atoms with Gasteiger partial charge in [0.1, 0.15) is 0 Å². The van der Waals surface area contributed by atoms with Gasteiger partial charge in [-0.2, -0.15) is 0 Å². The van der Waals surface area contributed by atoms with Gasteiger partial charge in [-0.25, -0.2) is 0 Å². The summed E-state index contributed by atoms with van der Waals surface area (Å²) in [4.78, 5) is 4.31. The van der Waals surface area contributed by atoms with Crippen LogP contribution in [0.5, 0.6) is 0 Å². The van der Waals surface area contributed by atoms with Crippen LogP contribution < -0.4 is 5.59 Å². The Balaban J connectivity index is 2.64. The van der Waals surface area contributed by atoms with E-state index in [1.54, 1.807) is 0 Å². The summed E-state index contributed by atoms with van der Waals surface area (Å²) in [6.07, 6.45) is 3.06. The molecule has 0 N–H and O–H groups in total. The van der Waals surface area contributed by atoms with Gasteiger partial charge in [-0.15, -0.1) is 0 Å². The Morgan fingerprint density at radius 2 is 2.17 bits per heavy atom. The lowest BCUT2D eigenvalue weighted by molar-refractivity contribution is 0.647. The lowest BCUT2D eigenvalue weighted by atomic mass is 9.51. The second-order valence-electron chi connectivity index (χ2n) is 4.02. The molecule has 0 aliphatic heterocycles. The zero-order chi connectivity index (χ0) is 9.03. The van der Waals surface area contributed by atoms with Gasteiger partial charge < -0.3 is 0 Å². The molecule has 0 aliphatic carbocycles. The van der Waals surface area contributed by atoms with Crippen molar-refractivity contribution in [2.75, 3.05) is 0 Å². The van der Waals surface area contributed by atoms with E-state index in [9.17, 15) is 0 Å². The first-order chi connectivity index (χ1) is 5.64. The number of aromatic nitrogens is 1. The fourth-order valence-corrected chi connectivity index (χ4v) is 1.12. The van der Waals surface area contributed by atoms with Gasteiger partial charge in [0, 0.05) is 11.8 Å². The summed E-state index contributed by atoms with van der Waals surface area (Å²) in [5.74, 6) is 0. The fraction of sp³-hybridized carbons (Fsp3) is 0.500. The molecular formula is C10H16BN. The van der Waals surface area contributed by atoms with Crippen LogP contribution in [-0.2, 0) is 0 Å². The molecule has 0 saturated heterocycles. The second-order valence-corrected chi connectivity index (χ2v) is 4.02. The fourth-order valence-electron chi connectivity index (χ4n) is 1.12. The van der Waals surface area contributed by atoms with E-state index in [1.165, 1.54) is 12.0 Å². The van der Waals surface area contributed by atoms with Crippen molar-refractivity contribution in [2.24, 2.45) is 0 Å². The molecule has 1 aromatic rings. The Hall–Kier alpha value is -0.785. The van der Waals surface area contributed by atoms with Gasteiger partial charge in [0.15, 0.2) is 7.28 Å². The van der Waals surface area contributed by atoms with Crippen LogP contribution in [0.25, 0.3) is 0 Å². The number of pyridine rings is 1. The summed E-state index contributed by atoms with van der Waals surface area (Å²) in [5, 5.41) is 0.383. The molecule has 0 aliphatic rings. The summed E-state index contributed by atoms with van der Waals surface area (Å²) in [6, 6.07) is 6.11. The van der Waals surface area contributed by atoms with Crippen LogP contribution in [-0.4, -0.2) is 12.3 Å². The number of hydrogen-bond acceptors (Lipinski definition) is 1. The lowest BCUT2D eigenvalue weighted by Gasteiger charge is -2.20. The zero-order valence-corrected chi connectivity index (χ0v) is 8.17. The number of nitrogens with zero attached hydrogens (tertiary/aromatic N) is 1. The van der Waals surface area contributed by atoms with Gasteiger partial charge in [-0.1, -0.05) is 44.6 Å². The van der Waals surface area contributed by atoms with E-state index in [0.29, 0.717) is 5.31 Å². The number of rotatable bonds is 3. The van der Waals surface area contributed by atoms with Gasteiger partial charge in [-0.05, 0) is 6.07 Å². The van der Waals surface area contributed by atoms with E-state index in [1.807, 2.05) is 18.3 Å². The molecule has 0 bridgehead atoms. The van der Waals surface area contributed by atoms with Crippen LogP contribution in [0.15, 0.2) is 24.4 Å². The van der Waals surface area contributed by atoms with Crippen molar-refractivity contribution in [3.63, 3.8) is 0 Å². The Morgan fingerprint density at radius 1 is 1.42 bits per heavy atom. The normalized spacial score (nSPS) is 11.2. The topological polar surface area (TPSA) is 12.9 Å². The molecule has 0 radical (unpaired) electrons. The standard InChI is InChI=1S/C10H16BN/c1-4-10(2,3)11-9-7-5-6-8-12-9/h5-8,11H,4H2,1-3H3.